The highest BCUT2D eigenvalue weighted by atomic mass is 32.2. The second kappa shape index (κ2) is 7.28. The lowest BCUT2D eigenvalue weighted by molar-refractivity contribution is -0.115. The molecule has 102 valence electrons. The molecule has 2 rings (SSSR count). The molecular formula is C12H10N4OS3. The summed E-state index contributed by atoms with van der Waals surface area (Å²) in [6.45, 7) is 0. The Hall–Kier alpha value is -1.56. The number of thioether (sulfide) groups is 2. The minimum atomic E-state index is -0.373. The predicted octanol–water partition coefficient (Wildman–Crippen LogP) is 2.28. The van der Waals surface area contributed by atoms with Crippen LogP contribution in [0.4, 0.5) is 0 Å². The van der Waals surface area contributed by atoms with E-state index in [1.165, 1.54) is 34.9 Å². The second-order valence-electron chi connectivity index (χ2n) is 3.65. The van der Waals surface area contributed by atoms with Gasteiger partial charge in [0.25, 0.3) is 0 Å². The Morgan fingerprint density at radius 2 is 2.00 bits per heavy atom. The average Bonchev–Trinajstić information content (AvgIpc) is 2.91. The van der Waals surface area contributed by atoms with Crippen molar-refractivity contribution in [2.24, 2.45) is 5.73 Å². The van der Waals surface area contributed by atoms with Crippen LogP contribution in [0.5, 0.6) is 0 Å². The molecule has 1 heterocycles. The fourth-order valence-corrected chi connectivity index (χ4v) is 4.10. The Bertz CT molecular complexity index is 650. The van der Waals surface area contributed by atoms with E-state index in [1.807, 2.05) is 18.2 Å². The number of nitrogens with two attached hydrogens (primary N) is 1. The van der Waals surface area contributed by atoms with Crippen LogP contribution in [0.1, 0.15) is 11.1 Å². The van der Waals surface area contributed by atoms with Crippen molar-refractivity contribution in [2.75, 3.05) is 5.75 Å². The van der Waals surface area contributed by atoms with Crippen molar-refractivity contribution in [3.05, 3.63) is 35.4 Å². The Morgan fingerprint density at radius 1 is 1.30 bits per heavy atom. The Balaban J connectivity index is 1.94. The summed E-state index contributed by atoms with van der Waals surface area (Å²) in [5, 5.41) is 17.0. The molecule has 0 radical (unpaired) electrons. The molecule has 5 nitrogen and oxygen atoms in total. The van der Waals surface area contributed by atoms with Crippen LogP contribution in [-0.4, -0.2) is 21.9 Å². The maximum atomic E-state index is 10.7. The lowest BCUT2D eigenvalue weighted by atomic mass is 10.1. The van der Waals surface area contributed by atoms with E-state index in [0.29, 0.717) is 11.3 Å². The fraction of sp³-hybridized carbons (Fsp3) is 0.167. The van der Waals surface area contributed by atoms with E-state index >= 15 is 0 Å². The Labute approximate surface area is 128 Å². The largest absolute Gasteiger partial charge is 0.369 e. The molecule has 1 aromatic carbocycles. The molecule has 2 N–H and O–H groups in total. The third kappa shape index (κ3) is 4.23. The number of benzene rings is 1. The van der Waals surface area contributed by atoms with E-state index in [0.717, 1.165) is 14.2 Å². The highest BCUT2D eigenvalue weighted by Crippen LogP contribution is 2.31. The van der Waals surface area contributed by atoms with Crippen molar-refractivity contribution in [3.8, 4) is 6.07 Å². The first-order valence-corrected chi connectivity index (χ1v) is 8.33. The molecule has 0 fully saturated rings. The van der Waals surface area contributed by atoms with Crippen LogP contribution in [0, 0.1) is 11.3 Å². The van der Waals surface area contributed by atoms with Gasteiger partial charge in [0.1, 0.15) is 0 Å². The summed E-state index contributed by atoms with van der Waals surface area (Å²) in [7, 11) is 0. The number of carbonyl (C=O) groups is 1. The van der Waals surface area contributed by atoms with Gasteiger partial charge in [0.2, 0.25) is 5.91 Å². The molecule has 0 aliphatic carbocycles. The standard InChI is InChI=1S/C12H10N4OS3/c13-5-8-3-1-2-4-9(8)6-18-11-15-16-12(20-11)19-7-10(14)17/h1-4H,6-7H2,(H2,14,17). The molecule has 2 aromatic rings. The number of hydrogen-bond donors (Lipinski definition) is 1. The number of hydrogen-bond acceptors (Lipinski definition) is 7. The minimum Gasteiger partial charge on any atom is -0.369 e. The van der Waals surface area contributed by atoms with Gasteiger partial charge in [0.05, 0.1) is 17.4 Å². The molecule has 0 unspecified atom stereocenters. The first-order valence-electron chi connectivity index (χ1n) is 5.54. The Morgan fingerprint density at radius 3 is 2.70 bits per heavy atom. The van der Waals surface area contributed by atoms with Crippen LogP contribution in [0.2, 0.25) is 0 Å². The number of nitrogens with zero attached hydrogens (tertiary/aromatic N) is 3. The fourth-order valence-electron chi connectivity index (χ4n) is 1.34. The third-order valence-corrected chi connectivity index (χ3v) is 5.48. The van der Waals surface area contributed by atoms with E-state index in [9.17, 15) is 4.79 Å². The van der Waals surface area contributed by atoms with Crippen molar-refractivity contribution in [1.29, 1.82) is 5.26 Å². The summed E-state index contributed by atoms with van der Waals surface area (Å²) < 4.78 is 1.53. The van der Waals surface area contributed by atoms with Crippen molar-refractivity contribution in [3.63, 3.8) is 0 Å². The quantitative estimate of drug-likeness (QED) is 0.820. The molecule has 0 saturated heterocycles. The third-order valence-electron chi connectivity index (χ3n) is 2.21. The zero-order chi connectivity index (χ0) is 14.4. The zero-order valence-corrected chi connectivity index (χ0v) is 12.7. The number of primary amides is 1. The normalized spacial score (nSPS) is 10.2. The summed E-state index contributed by atoms with van der Waals surface area (Å²) >= 11 is 4.23. The lowest BCUT2D eigenvalue weighted by Gasteiger charge is -2.00. The maximum absolute atomic E-state index is 10.7. The first kappa shape index (κ1) is 14.8. The van der Waals surface area contributed by atoms with E-state index in [-0.39, 0.29) is 11.7 Å². The van der Waals surface area contributed by atoms with Crippen LogP contribution in [0.25, 0.3) is 0 Å². The van der Waals surface area contributed by atoms with E-state index in [4.69, 9.17) is 11.0 Å². The molecule has 0 atom stereocenters. The van der Waals surface area contributed by atoms with Crippen LogP contribution >= 0.6 is 34.9 Å². The summed E-state index contributed by atoms with van der Waals surface area (Å²) in [6.07, 6.45) is 0. The molecule has 0 spiro atoms. The predicted molar refractivity (Wildman–Crippen MR) is 80.5 cm³/mol. The molecule has 0 aliphatic rings. The van der Waals surface area contributed by atoms with Gasteiger partial charge >= 0.3 is 0 Å². The van der Waals surface area contributed by atoms with Crippen LogP contribution in [0.15, 0.2) is 32.9 Å². The summed E-state index contributed by atoms with van der Waals surface area (Å²) in [5.74, 6) is 0.498. The molecule has 8 heteroatoms. The van der Waals surface area contributed by atoms with Crippen molar-refractivity contribution < 1.29 is 4.79 Å². The summed E-state index contributed by atoms with van der Waals surface area (Å²) in [6, 6.07) is 9.64. The van der Waals surface area contributed by atoms with E-state index < -0.39 is 0 Å². The number of carbonyl (C=O) groups excluding carboxylic acids is 1. The van der Waals surface area contributed by atoms with Gasteiger partial charge in [0.15, 0.2) is 8.68 Å². The molecule has 20 heavy (non-hydrogen) atoms. The molecule has 1 amide bonds. The Kier molecular flexibility index (Phi) is 5.40. The molecular weight excluding hydrogens is 312 g/mol. The smallest absolute Gasteiger partial charge is 0.227 e. The van der Waals surface area contributed by atoms with E-state index in [2.05, 4.69) is 16.3 Å². The van der Waals surface area contributed by atoms with E-state index in [1.54, 1.807) is 6.07 Å². The highest BCUT2D eigenvalue weighted by Gasteiger charge is 2.08. The average molecular weight is 322 g/mol. The van der Waals surface area contributed by atoms with Crippen LogP contribution < -0.4 is 5.73 Å². The van der Waals surface area contributed by atoms with Crippen molar-refractivity contribution in [2.45, 2.75) is 14.4 Å². The van der Waals surface area contributed by atoms with Gasteiger partial charge in [-0.05, 0) is 11.6 Å². The minimum absolute atomic E-state index is 0.205. The van der Waals surface area contributed by atoms with Gasteiger partial charge in [0, 0.05) is 5.75 Å². The van der Waals surface area contributed by atoms with Crippen molar-refractivity contribution >= 4 is 40.8 Å². The second-order valence-corrected chi connectivity index (χ2v) is 7.07. The summed E-state index contributed by atoms with van der Waals surface area (Å²) in [4.78, 5) is 10.7. The number of rotatable bonds is 6. The van der Waals surface area contributed by atoms with Gasteiger partial charge in [-0.2, -0.15) is 5.26 Å². The van der Waals surface area contributed by atoms with Gasteiger partial charge in [-0.25, -0.2) is 0 Å². The molecule has 1 aromatic heterocycles. The number of nitriles is 1. The van der Waals surface area contributed by atoms with Gasteiger partial charge in [-0.1, -0.05) is 53.1 Å². The SMILES string of the molecule is N#Cc1ccccc1CSc1nnc(SCC(N)=O)s1. The van der Waals surface area contributed by atoms with Gasteiger partial charge in [-0.15, -0.1) is 10.2 Å². The number of aromatic nitrogens is 2. The summed E-state index contributed by atoms with van der Waals surface area (Å²) in [5.41, 5.74) is 6.72. The topological polar surface area (TPSA) is 92.7 Å². The van der Waals surface area contributed by atoms with Gasteiger partial charge < -0.3 is 5.73 Å². The monoisotopic (exact) mass is 322 g/mol. The lowest BCUT2D eigenvalue weighted by Crippen LogP contribution is -2.12. The number of amides is 1. The van der Waals surface area contributed by atoms with Crippen LogP contribution in [0.3, 0.4) is 0 Å². The molecule has 0 bridgehead atoms. The van der Waals surface area contributed by atoms with Gasteiger partial charge in [-0.3, -0.25) is 4.79 Å². The van der Waals surface area contributed by atoms with Crippen molar-refractivity contribution in [1.82, 2.24) is 10.2 Å². The zero-order valence-electron chi connectivity index (χ0n) is 10.3. The maximum Gasteiger partial charge on any atom is 0.227 e. The molecule has 0 saturated carbocycles. The highest BCUT2D eigenvalue weighted by molar-refractivity contribution is 8.03. The van der Waals surface area contributed by atoms with Crippen LogP contribution in [-0.2, 0) is 10.5 Å². The molecule has 0 aliphatic heterocycles. The first-order chi connectivity index (χ1) is 9.69.